The summed E-state index contributed by atoms with van der Waals surface area (Å²) in [6.07, 6.45) is 46.0. The summed E-state index contributed by atoms with van der Waals surface area (Å²) in [5.41, 5.74) is 0. The molecule has 0 spiro atoms. The lowest BCUT2D eigenvalue weighted by molar-refractivity contribution is -0.870. The van der Waals surface area contributed by atoms with Crippen LogP contribution in [0.3, 0.4) is 0 Å². The van der Waals surface area contributed by atoms with Crippen molar-refractivity contribution in [1.29, 1.82) is 0 Å². The number of hydrogen-bond donors (Lipinski definition) is 0. The highest BCUT2D eigenvalue weighted by Gasteiger charge is 2.21. The molecule has 0 bridgehead atoms. The Labute approximate surface area is 357 Å². The predicted molar refractivity (Wildman–Crippen MR) is 241 cm³/mol. The van der Waals surface area contributed by atoms with Crippen molar-refractivity contribution >= 4 is 19.8 Å². The Morgan fingerprint density at radius 2 is 0.931 bits per heavy atom. The van der Waals surface area contributed by atoms with Crippen LogP contribution in [-0.2, 0) is 32.7 Å². The molecule has 0 aromatic carbocycles. The van der Waals surface area contributed by atoms with Gasteiger partial charge in [-0.2, -0.15) is 0 Å². The lowest BCUT2D eigenvalue weighted by Gasteiger charge is -2.28. The molecule has 0 N–H and O–H groups in total. The van der Waals surface area contributed by atoms with Gasteiger partial charge in [0, 0.05) is 12.8 Å². The standard InChI is InChI=1S/C48H90NO8P/c1-6-8-10-12-14-16-18-20-22-23-24-25-27-29-31-33-35-37-39-41-48(51)57-46(45-56-58(52,53)55-43-42-49(3,4)5)44-54-47(50)40-38-36-34-32-30-28-26-21-19-17-15-13-11-9-7-2/h15,17,21,26,30,32,46H,6-14,16,18-20,22-25,27-29,31,33-45H2,1-5H3/b17-15-,26-21-,32-30-/t46-/m1/s1. The predicted octanol–water partition coefficient (Wildman–Crippen LogP) is 13.1. The van der Waals surface area contributed by atoms with Crippen molar-refractivity contribution in [3.63, 3.8) is 0 Å². The van der Waals surface area contributed by atoms with Gasteiger partial charge in [0.2, 0.25) is 0 Å². The highest BCUT2D eigenvalue weighted by atomic mass is 31.2. The van der Waals surface area contributed by atoms with Crippen LogP contribution in [0.2, 0.25) is 0 Å². The number of likely N-dealkylation sites (N-methyl/N-ethyl adjacent to an activating group) is 1. The van der Waals surface area contributed by atoms with E-state index in [1.54, 1.807) is 0 Å². The first-order chi connectivity index (χ1) is 28.0. The fourth-order valence-electron chi connectivity index (χ4n) is 6.43. The zero-order chi connectivity index (χ0) is 42.8. The Balaban J connectivity index is 4.33. The second kappa shape index (κ2) is 40.6. The van der Waals surface area contributed by atoms with Crippen LogP contribution in [0, 0.1) is 0 Å². The number of rotatable bonds is 43. The maximum atomic E-state index is 12.7. The number of carbonyl (C=O) groups excluding carboxylic acids is 2. The van der Waals surface area contributed by atoms with Crippen molar-refractivity contribution in [3.05, 3.63) is 36.5 Å². The van der Waals surface area contributed by atoms with Crippen molar-refractivity contribution in [2.24, 2.45) is 0 Å². The monoisotopic (exact) mass is 840 g/mol. The van der Waals surface area contributed by atoms with Crippen molar-refractivity contribution in [2.45, 2.75) is 213 Å². The van der Waals surface area contributed by atoms with Crippen LogP contribution in [0.25, 0.3) is 0 Å². The topological polar surface area (TPSA) is 111 Å². The first-order valence-corrected chi connectivity index (χ1v) is 25.2. The maximum Gasteiger partial charge on any atom is 0.306 e. The highest BCUT2D eigenvalue weighted by Crippen LogP contribution is 2.38. The molecular weight excluding hydrogens is 750 g/mol. The van der Waals surface area contributed by atoms with Gasteiger partial charge in [-0.3, -0.25) is 14.2 Å². The average molecular weight is 840 g/mol. The second-order valence-electron chi connectivity index (χ2n) is 17.1. The summed E-state index contributed by atoms with van der Waals surface area (Å²) in [5, 5.41) is 0. The molecule has 0 aliphatic rings. The van der Waals surface area contributed by atoms with Gasteiger partial charge in [-0.25, -0.2) is 0 Å². The number of hydrogen-bond acceptors (Lipinski definition) is 8. The maximum absolute atomic E-state index is 12.7. The van der Waals surface area contributed by atoms with E-state index in [1.807, 2.05) is 21.1 Å². The normalized spacial score (nSPS) is 13.8. The molecule has 58 heavy (non-hydrogen) atoms. The van der Waals surface area contributed by atoms with E-state index >= 15 is 0 Å². The Morgan fingerprint density at radius 1 is 0.534 bits per heavy atom. The molecule has 2 atom stereocenters. The van der Waals surface area contributed by atoms with Crippen LogP contribution in [0.4, 0.5) is 0 Å². The molecule has 0 radical (unpaired) electrons. The summed E-state index contributed by atoms with van der Waals surface area (Å²) in [5.74, 6) is -0.872. The molecule has 10 heteroatoms. The lowest BCUT2D eigenvalue weighted by atomic mass is 10.0. The average Bonchev–Trinajstić information content (AvgIpc) is 3.17. The molecule has 0 aromatic heterocycles. The molecule has 0 fully saturated rings. The van der Waals surface area contributed by atoms with Gasteiger partial charge < -0.3 is 27.9 Å². The third-order valence-corrected chi connectivity index (χ3v) is 11.1. The van der Waals surface area contributed by atoms with E-state index in [1.165, 1.54) is 116 Å². The fraction of sp³-hybridized carbons (Fsp3) is 0.833. The fourth-order valence-corrected chi connectivity index (χ4v) is 7.16. The molecular formula is C48H90NO8P. The number of esters is 2. The number of carbonyl (C=O) groups is 2. The Hall–Kier alpha value is -1.77. The number of allylic oxidation sites excluding steroid dienone is 6. The van der Waals surface area contributed by atoms with Crippen LogP contribution in [0.5, 0.6) is 0 Å². The van der Waals surface area contributed by atoms with Gasteiger partial charge in [0.05, 0.1) is 27.7 Å². The minimum absolute atomic E-state index is 0.0359. The summed E-state index contributed by atoms with van der Waals surface area (Å²) in [7, 11) is 1.15. The van der Waals surface area contributed by atoms with E-state index in [0.717, 1.165) is 51.4 Å². The lowest BCUT2D eigenvalue weighted by Crippen LogP contribution is -2.37. The minimum Gasteiger partial charge on any atom is -0.756 e. The SMILES string of the molecule is CCCCC/C=C\C/C=C\C/C=C\CCCCC(=O)OC[C@H](COP(=O)([O-])OCC[N+](C)(C)C)OC(=O)CCCCCCCCCCCCCCCCCCCCC. The van der Waals surface area contributed by atoms with E-state index in [-0.39, 0.29) is 26.1 Å². The van der Waals surface area contributed by atoms with E-state index < -0.39 is 32.5 Å². The number of nitrogens with zero attached hydrogens (tertiary/aromatic N) is 1. The molecule has 0 aliphatic carbocycles. The molecule has 0 saturated heterocycles. The first kappa shape index (κ1) is 56.2. The van der Waals surface area contributed by atoms with E-state index in [0.29, 0.717) is 23.9 Å². The van der Waals surface area contributed by atoms with Crippen molar-refractivity contribution < 1.29 is 42.1 Å². The quantitative estimate of drug-likeness (QED) is 0.0196. The van der Waals surface area contributed by atoms with Gasteiger partial charge in [-0.05, 0) is 51.4 Å². The van der Waals surface area contributed by atoms with Crippen molar-refractivity contribution in [2.75, 3.05) is 47.5 Å². The molecule has 0 aliphatic heterocycles. The third kappa shape index (κ3) is 43.8. The van der Waals surface area contributed by atoms with E-state index in [9.17, 15) is 19.0 Å². The van der Waals surface area contributed by atoms with Crippen molar-refractivity contribution in [1.82, 2.24) is 0 Å². The van der Waals surface area contributed by atoms with Crippen LogP contribution in [-0.4, -0.2) is 70.0 Å². The second-order valence-corrected chi connectivity index (χ2v) is 18.5. The minimum atomic E-state index is -4.63. The molecule has 1 unspecified atom stereocenters. The number of unbranched alkanes of at least 4 members (excludes halogenated alkanes) is 23. The van der Waals surface area contributed by atoms with Gasteiger partial charge in [0.15, 0.2) is 6.10 Å². The molecule has 0 rings (SSSR count). The van der Waals surface area contributed by atoms with Gasteiger partial charge in [-0.1, -0.05) is 179 Å². The number of ether oxygens (including phenoxy) is 2. The van der Waals surface area contributed by atoms with Crippen LogP contribution in [0.1, 0.15) is 206 Å². The zero-order valence-corrected chi connectivity index (χ0v) is 39.1. The number of phosphoric acid groups is 1. The van der Waals surface area contributed by atoms with Gasteiger partial charge >= 0.3 is 11.9 Å². The molecule has 9 nitrogen and oxygen atoms in total. The Bertz CT molecular complexity index is 1090. The molecule has 0 amide bonds. The molecule has 340 valence electrons. The third-order valence-electron chi connectivity index (χ3n) is 10.2. The largest absolute Gasteiger partial charge is 0.756 e. The van der Waals surface area contributed by atoms with Crippen LogP contribution >= 0.6 is 7.82 Å². The van der Waals surface area contributed by atoms with E-state index in [4.69, 9.17) is 18.5 Å². The summed E-state index contributed by atoms with van der Waals surface area (Å²) in [6, 6.07) is 0. The van der Waals surface area contributed by atoms with Crippen LogP contribution < -0.4 is 4.89 Å². The Morgan fingerprint density at radius 3 is 1.41 bits per heavy atom. The summed E-state index contributed by atoms with van der Waals surface area (Å²) in [4.78, 5) is 37.6. The number of quaternary nitrogens is 1. The van der Waals surface area contributed by atoms with Crippen molar-refractivity contribution in [3.8, 4) is 0 Å². The summed E-state index contributed by atoms with van der Waals surface area (Å²) in [6.45, 7) is 4.18. The molecule has 0 aromatic rings. The first-order valence-electron chi connectivity index (χ1n) is 23.7. The number of phosphoric ester groups is 1. The van der Waals surface area contributed by atoms with Gasteiger partial charge in [-0.15, -0.1) is 0 Å². The van der Waals surface area contributed by atoms with Gasteiger partial charge in [0.1, 0.15) is 19.8 Å². The molecule has 0 saturated carbocycles. The summed E-state index contributed by atoms with van der Waals surface area (Å²) < 4.78 is 33.9. The summed E-state index contributed by atoms with van der Waals surface area (Å²) >= 11 is 0. The van der Waals surface area contributed by atoms with E-state index in [2.05, 4.69) is 50.3 Å². The highest BCUT2D eigenvalue weighted by molar-refractivity contribution is 7.45. The smallest absolute Gasteiger partial charge is 0.306 e. The zero-order valence-electron chi connectivity index (χ0n) is 38.2. The molecule has 0 heterocycles. The Kier molecular flexibility index (Phi) is 39.4. The van der Waals surface area contributed by atoms with Crippen LogP contribution in [0.15, 0.2) is 36.5 Å². The van der Waals surface area contributed by atoms with Gasteiger partial charge in [0.25, 0.3) is 7.82 Å².